The molecule has 1 aromatic carbocycles. The van der Waals surface area contributed by atoms with Gasteiger partial charge in [-0.1, -0.05) is 18.2 Å². The first kappa shape index (κ1) is 18.1. The molecule has 1 fully saturated rings. The molecule has 2 N–H and O–H groups in total. The second-order valence-corrected chi connectivity index (χ2v) is 7.93. The Morgan fingerprint density at radius 2 is 2.07 bits per heavy atom. The van der Waals surface area contributed by atoms with Gasteiger partial charge in [-0.05, 0) is 31.5 Å². The predicted octanol–water partition coefficient (Wildman–Crippen LogP) is 1.78. The molecule has 2 aliphatic heterocycles. The minimum atomic E-state index is -0.484. The maximum absolute atomic E-state index is 13.3. The molecule has 2 aromatic heterocycles. The van der Waals surface area contributed by atoms with Gasteiger partial charge in [0.1, 0.15) is 11.9 Å². The number of benzene rings is 1. The van der Waals surface area contributed by atoms with Gasteiger partial charge >= 0.3 is 0 Å². The molecule has 7 nitrogen and oxygen atoms in total. The lowest BCUT2D eigenvalue weighted by Crippen LogP contribution is -2.52. The van der Waals surface area contributed by atoms with Gasteiger partial charge in [0.05, 0.1) is 17.6 Å². The summed E-state index contributed by atoms with van der Waals surface area (Å²) in [6.07, 6.45) is 0.933. The van der Waals surface area contributed by atoms with Crippen LogP contribution in [0.25, 0.3) is 11.0 Å². The molecule has 4 heterocycles. The van der Waals surface area contributed by atoms with E-state index >= 15 is 0 Å². The SMILES string of the molecule is CCn1c(CNC(=O)[C@H]2[C@@H]3CNC[C@@H](C3)c3cccc(=O)n32)nc2ccccc21. The number of para-hydroxylation sites is 2. The van der Waals surface area contributed by atoms with Crippen LogP contribution in [0.1, 0.15) is 36.8 Å². The molecular weight excluding hydrogens is 366 g/mol. The number of nitrogens with zero attached hydrogens (tertiary/aromatic N) is 3. The van der Waals surface area contributed by atoms with E-state index in [0.717, 1.165) is 48.6 Å². The molecule has 1 amide bonds. The van der Waals surface area contributed by atoms with E-state index in [1.54, 1.807) is 16.7 Å². The van der Waals surface area contributed by atoms with E-state index in [4.69, 9.17) is 4.98 Å². The number of carbonyl (C=O) groups excluding carboxylic acids is 1. The van der Waals surface area contributed by atoms with Crippen molar-refractivity contribution in [3.05, 3.63) is 64.3 Å². The Bertz CT molecular complexity index is 1130. The lowest BCUT2D eigenvalue weighted by molar-refractivity contribution is -0.127. The summed E-state index contributed by atoms with van der Waals surface area (Å²) in [7, 11) is 0. The van der Waals surface area contributed by atoms with Crippen LogP contribution in [0.5, 0.6) is 0 Å². The van der Waals surface area contributed by atoms with Crippen molar-refractivity contribution in [1.29, 1.82) is 0 Å². The van der Waals surface area contributed by atoms with Crippen LogP contribution in [0.3, 0.4) is 0 Å². The molecule has 2 bridgehead atoms. The van der Waals surface area contributed by atoms with E-state index in [0.29, 0.717) is 6.54 Å². The number of hydrogen-bond acceptors (Lipinski definition) is 4. The van der Waals surface area contributed by atoms with Gasteiger partial charge in [0.25, 0.3) is 5.56 Å². The van der Waals surface area contributed by atoms with Crippen molar-refractivity contribution in [3.63, 3.8) is 0 Å². The van der Waals surface area contributed by atoms with Gasteiger partial charge in [0.15, 0.2) is 0 Å². The van der Waals surface area contributed by atoms with Crippen molar-refractivity contribution in [1.82, 2.24) is 24.8 Å². The molecule has 7 heteroatoms. The van der Waals surface area contributed by atoms with Crippen LogP contribution in [0.4, 0.5) is 0 Å². The third-order valence-electron chi connectivity index (χ3n) is 6.29. The maximum Gasteiger partial charge on any atom is 0.251 e. The van der Waals surface area contributed by atoms with Crippen LogP contribution in [0, 0.1) is 5.92 Å². The summed E-state index contributed by atoms with van der Waals surface area (Å²) in [5, 5.41) is 6.50. The minimum absolute atomic E-state index is 0.0972. The van der Waals surface area contributed by atoms with Crippen LogP contribution >= 0.6 is 0 Å². The number of fused-ring (bicyclic) bond motifs is 5. The van der Waals surface area contributed by atoms with Gasteiger partial charge in [-0.15, -0.1) is 0 Å². The first-order valence-corrected chi connectivity index (χ1v) is 10.3. The second-order valence-electron chi connectivity index (χ2n) is 7.93. The lowest BCUT2D eigenvalue weighted by atomic mass is 9.79. The van der Waals surface area contributed by atoms with E-state index in [9.17, 15) is 9.59 Å². The molecule has 5 rings (SSSR count). The molecule has 150 valence electrons. The van der Waals surface area contributed by atoms with Crippen LogP contribution in [-0.4, -0.2) is 33.1 Å². The van der Waals surface area contributed by atoms with Crippen molar-refractivity contribution in [3.8, 4) is 0 Å². The number of rotatable bonds is 4. The summed E-state index contributed by atoms with van der Waals surface area (Å²) in [5.74, 6) is 1.13. The topological polar surface area (TPSA) is 81.0 Å². The third kappa shape index (κ3) is 2.97. The zero-order valence-corrected chi connectivity index (χ0v) is 16.5. The fraction of sp³-hybridized carbons (Fsp3) is 0.409. The predicted molar refractivity (Wildman–Crippen MR) is 111 cm³/mol. The average molecular weight is 391 g/mol. The number of hydrogen-bond donors (Lipinski definition) is 2. The van der Waals surface area contributed by atoms with Crippen molar-refractivity contribution in [2.75, 3.05) is 13.1 Å². The quantitative estimate of drug-likeness (QED) is 0.710. The minimum Gasteiger partial charge on any atom is -0.347 e. The molecule has 3 atom stereocenters. The highest BCUT2D eigenvalue weighted by Crippen LogP contribution is 2.38. The number of carbonyl (C=O) groups is 1. The van der Waals surface area contributed by atoms with Crippen LogP contribution in [-0.2, 0) is 17.9 Å². The van der Waals surface area contributed by atoms with Gasteiger partial charge in [-0.3, -0.25) is 14.2 Å². The Morgan fingerprint density at radius 3 is 2.93 bits per heavy atom. The number of piperidine rings is 1. The summed E-state index contributed by atoms with van der Waals surface area (Å²) in [6, 6.07) is 12.8. The smallest absolute Gasteiger partial charge is 0.251 e. The summed E-state index contributed by atoms with van der Waals surface area (Å²) in [4.78, 5) is 30.6. The van der Waals surface area contributed by atoms with Gasteiger partial charge in [-0.25, -0.2) is 4.98 Å². The molecule has 0 unspecified atom stereocenters. The molecule has 29 heavy (non-hydrogen) atoms. The summed E-state index contributed by atoms with van der Waals surface area (Å²) >= 11 is 0. The Kier molecular flexibility index (Phi) is 4.47. The monoisotopic (exact) mass is 391 g/mol. The summed E-state index contributed by atoms with van der Waals surface area (Å²) < 4.78 is 3.84. The van der Waals surface area contributed by atoms with Gasteiger partial charge < -0.3 is 15.2 Å². The average Bonchev–Trinajstić information content (AvgIpc) is 3.11. The molecule has 0 saturated carbocycles. The third-order valence-corrected chi connectivity index (χ3v) is 6.29. The number of pyridine rings is 1. The van der Waals surface area contributed by atoms with Gasteiger partial charge in [0, 0.05) is 43.2 Å². The standard InChI is InChI=1S/C22H25N5O2/c1-2-26-18-7-4-3-6-16(18)25-19(26)13-24-22(29)21-15-10-14(11-23-12-15)17-8-5-9-20(28)27(17)21/h3-9,14-15,21,23H,2,10-13H2,1H3,(H,24,29)/t14-,15+,21-/m1/s1. The number of nitrogens with one attached hydrogen (secondary N) is 2. The first-order valence-electron chi connectivity index (χ1n) is 10.3. The molecule has 2 aliphatic rings. The fourth-order valence-corrected chi connectivity index (χ4v) is 5.01. The highest BCUT2D eigenvalue weighted by molar-refractivity contribution is 5.81. The van der Waals surface area contributed by atoms with Crippen molar-refractivity contribution >= 4 is 16.9 Å². The Morgan fingerprint density at radius 1 is 1.21 bits per heavy atom. The lowest BCUT2D eigenvalue weighted by Gasteiger charge is -2.42. The zero-order chi connectivity index (χ0) is 20.0. The molecule has 3 aromatic rings. The Hall–Kier alpha value is -2.93. The first-order chi connectivity index (χ1) is 14.2. The maximum atomic E-state index is 13.3. The highest BCUT2D eigenvalue weighted by atomic mass is 16.2. The second kappa shape index (κ2) is 7.15. The fourth-order valence-electron chi connectivity index (χ4n) is 5.01. The molecule has 0 aliphatic carbocycles. The summed E-state index contributed by atoms with van der Waals surface area (Å²) in [5.41, 5.74) is 2.86. The van der Waals surface area contributed by atoms with Crippen molar-refractivity contribution in [2.45, 2.75) is 38.4 Å². The Labute approximate surface area is 168 Å². The number of imidazole rings is 1. The van der Waals surface area contributed by atoms with Crippen molar-refractivity contribution in [2.24, 2.45) is 5.92 Å². The number of amides is 1. The highest BCUT2D eigenvalue weighted by Gasteiger charge is 2.41. The largest absolute Gasteiger partial charge is 0.347 e. The summed E-state index contributed by atoms with van der Waals surface area (Å²) in [6.45, 7) is 4.81. The van der Waals surface area contributed by atoms with Crippen LogP contribution < -0.4 is 16.2 Å². The van der Waals surface area contributed by atoms with E-state index in [-0.39, 0.29) is 23.3 Å². The van der Waals surface area contributed by atoms with E-state index in [1.165, 1.54) is 0 Å². The molecule has 0 radical (unpaired) electrons. The van der Waals surface area contributed by atoms with E-state index < -0.39 is 6.04 Å². The molecular formula is C22H25N5O2. The number of aryl methyl sites for hydroxylation is 1. The van der Waals surface area contributed by atoms with Crippen LogP contribution in [0.15, 0.2) is 47.3 Å². The zero-order valence-electron chi connectivity index (χ0n) is 16.5. The van der Waals surface area contributed by atoms with Crippen LogP contribution in [0.2, 0.25) is 0 Å². The van der Waals surface area contributed by atoms with E-state index in [2.05, 4.69) is 22.1 Å². The van der Waals surface area contributed by atoms with Crippen molar-refractivity contribution < 1.29 is 4.79 Å². The number of aromatic nitrogens is 3. The van der Waals surface area contributed by atoms with E-state index in [1.807, 2.05) is 30.3 Å². The molecule has 0 spiro atoms. The molecule has 1 saturated heterocycles. The van der Waals surface area contributed by atoms with Gasteiger partial charge in [0.2, 0.25) is 5.91 Å². The Balaban J connectivity index is 1.44. The normalized spacial score (nSPS) is 23.0. The van der Waals surface area contributed by atoms with Gasteiger partial charge in [-0.2, -0.15) is 0 Å².